The van der Waals surface area contributed by atoms with Gasteiger partial charge in [-0.25, -0.2) is 0 Å². The maximum absolute atomic E-state index is 9.43. The van der Waals surface area contributed by atoms with Gasteiger partial charge in [-0.05, 0) is 5.92 Å². The lowest BCUT2D eigenvalue weighted by atomic mass is 10.0. The predicted octanol–water partition coefficient (Wildman–Crippen LogP) is 0.665. The average molecular weight is 162 g/mol. The zero-order valence-electron chi connectivity index (χ0n) is 7.70. The Kier molecular flexibility index (Phi) is 5.46. The molecule has 0 heterocycles. The largest absolute Gasteiger partial charge is 0.388 e. The SMILES string of the molecule is COCC(O)C(OC)C(C)C. The smallest absolute Gasteiger partial charge is 0.104 e. The van der Waals surface area contributed by atoms with Gasteiger partial charge in [0.15, 0.2) is 0 Å². The van der Waals surface area contributed by atoms with Crippen LogP contribution in [0.4, 0.5) is 0 Å². The van der Waals surface area contributed by atoms with E-state index in [4.69, 9.17) is 9.47 Å². The minimum absolute atomic E-state index is 0.130. The summed E-state index contributed by atoms with van der Waals surface area (Å²) >= 11 is 0. The van der Waals surface area contributed by atoms with Gasteiger partial charge in [-0.2, -0.15) is 0 Å². The van der Waals surface area contributed by atoms with Gasteiger partial charge in [0.1, 0.15) is 6.10 Å². The first-order valence-electron chi connectivity index (χ1n) is 3.83. The van der Waals surface area contributed by atoms with E-state index >= 15 is 0 Å². The fourth-order valence-electron chi connectivity index (χ4n) is 1.14. The lowest BCUT2D eigenvalue weighted by Crippen LogP contribution is -2.35. The second-order valence-corrected chi connectivity index (χ2v) is 2.97. The van der Waals surface area contributed by atoms with Crippen LogP contribution >= 0.6 is 0 Å². The van der Waals surface area contributed by atoms with Gasteiger partial charge in [-0.1, -0.05) is 13.8 Å². The molecule has 0 rings (SSSR count). The Bertz CT molecular complexity index is 93.3. The zero-order valence-corrected chi connectivity index (χ0v) is 7.70. The van der Waals surface area contributed by atoms with E-state index in [-0.39, 0.29) is 6.10 Å². The Hall–Kier alpha value is -0.120. The number of aliphatic hydroxyl groups is 1. The molecule has 0 spiro atoms. The van der Waals surface area contributed by atoms with Crippen LogP contribution in [0.25, 0.3) is 0 Å². The first kappa shape index (κ1) is 10.9. The summed E-state index contributed by atoms with van der Waals surface area (Å²) in [5.74, 6) is 0.310. The van der Waals surface area contributed by atoms with Crippen LogP contribution < -0.4 is 0 Å². The van der Waals surface area contributed by atoms with Crippen LogP contribution in [0.15, 0.2) is 0 Å². The first-order chi connectivity index (χ1) is 5.13. The van der Waals surface area contributed by atoms with Gasteiger partial charge in [-0.3, -0.25) is 0 Å². The zero-order chi connectivity index (χ0) is 8.85. The second kappa shape index (κ2) is 5.52. The fraction of sp³-hybridized carbons (Fsp3) is 1.00. The molecule has 0 aliphatic carbocycles. The Labute approximate surface area is 68.3 Å². The number of rotatable bonds is 5. The highest BCUT2D eigenvalue weighted by Gasteiger charge is 2.21. The van der Waals surface area contributed by atoms with Gasteiger partial charge in [0.2, 0.25) is 0 Å². The highest BCUT2D eigenvalue weighted by molar-refractivity contribution is 4.71. The Morgan fingerprint density at radius 1 is 1.27 bits per heavy atom. The Morgan fingerprint density at radius 3 is 2.09 bits per heavy atom. The van der Waals surface area contributed by atoms with Crippen LogP contribution in [0.2, 0.25) is 0 Å². The number of methoxy groups -OCH3 is 2. The van der Waals surface area contributed by atoms with Gasteiger partial charge in [0.05, 0.1) is 12.7 Å². The summed E-state index contributed by atoms with van der Waals surface area (Å²) in [5.41, 5.74) is 0. The van der Waals surface area contributed by atoms with Crippen LogP contribution in [0.5, 0.6) is 0 Å². The molecule has 0 aliphatic rings. The lowest BCUT2D eigenvalue weighted by Gasteiger charge is -2.24. The topological polar surface area (TPSA) is 38.7 Å². The van der Waals surface area contributed by atoms with Crippen molar-refractivity contribution in [3.05, 3.63) is 0 Å². The molecule has 3 nitrogen and oxygen atoms in total. The van der Waals surface area contributed by atoms with Crippen molar-refractivity contribution in [3.63, 3.8) is 0 Å². The standard InChI is InChI=1S/C8H18O3/c1-6(2)8(11-4)7(9)5-10-3/h6-9H,5H2,1-4H3. The first-order valence-corrected chi connectivity index (χ1v) is 3.83. The third-order valence-corrected chi connectivity index (χ3v) is 1.65. The van der Waals surface area contributed by atoms with Crippen LogP contribution in [0.3, 0.4) is 0 Å². The van der Waals surface area contributed by atoms with Crippen molar-refractivity contribution >= 4 is 0 Å². The molecule has 0 aromatic rings. The molecule has 0 saturated heterocycles. The summed E-state index contributed by atoms with van der Waals surface area (Å²) in [6.45, 7) is 4.34. The summed E-state index contributed by atoms with van der Waals surface area (Å²) in [6.07, 6.45) is -0.653. The molecule has 0 aromatic heterocycles. The van der Waals surface area contributed by atoms with Crippen molar-refractivity contribution in [1.29, 1.82) is 0 Å². The van der Waals surface area contributed by atoms with Crippen LogP contribution in [-0.2, 0) is 9.47 Å². The van der Waals surface area contributed by atoms with Crippen molar-refractivity contribution < 1.29 is 14.6 Å². The third kappa shape index (κ3) is 3.70. The molecule has 2 unspecified atom stereocenters. The van der Waals surface area contributed by atoms with E-state index < -0.39 is 6.10 Å². The van der Waals surface area contributed by atoms with E-state index in [9.17, 15) is 5.11 Å². The van der Waals surface area contributed by atoms with Crippen LogP contribution in [0.1, 0.15) is 13.8 Å². The predicted molar refractivity (Wildman–Crippen MR) is 43.5 cm³/mol. The van der Waals surface area contributed by atoms with E-state index in [2.05, 4.69) is 0 Å². The molecule has 11 heavy (non-hydrogen) atoms. The molecule has 0 aliphatic heterocycles. The molecule has 0 amide bonds. The molecule has 1 N–H and O–H groups in total. The van der Waals surface area contributed by atoms with Crippen molar-refractivity contribution in [2.24, 2.45) is 5.92 Å². The van der Waals surface area contributed by atoms with Crippen molar-refractivity contribution in [3.8, 4) is 0 Å². The maximum atomic E-state index is 9.43. The molecule has 0 bridgehead atoms. The van der Waals surface area contributed by atoms with Crippen molar-refractivity contribution in [2.75, 3.05) is 20.8 Å². The highest BCUT2D eigenvalue weighted by atomic mass is 16.5. The van der Waals surface area contributed by atoms with E-state index in [1.165, 1.54) is 0 Å². The van der Waals surface area contributed by atoms with Gasteiger partial charge < -0.3 is 14.6 Å². The number of hydrogen-bond acceptors (Lipinski definition) is 3. The van der Waals surface area contributed by atoms with E-state index in [0.29, 0.717) is 12.5 Å². The normalized spacial score (nSPS) is 16.9. The minimum atomic E-state index is -0.523. The Balaban J connectivity index is 3.81. The Morgan fingerprint density at radius 2 is 1.82 bits per heavy atom. The number of ether oxygens (including phenoxy) is 2. The van der Waals surface area contributed by atoms with Crippen molar-refractivity contribution in [2.45, 2.75) is 26.1 Å². The molecule has 0 aromatic carbocycles. The maximum Gasteiger partial charge on any atom is 0.104 e. The van der Waals surface area contributed by atoms with E-state index in [1.54, 1.807) is 14.2 Å². The second-order valence-electron chi connectivity index (χ2n) is 2.97. The van der Waals surface area contributed by atoms with Gasteiger partial charge >= 0.3 is 0 Å². The summed E-state index contributed by atoms with van der Waals surface area (Å²) in [7, 11) is 3.17. The number of hydrogen-bond donors (Lipinski definition) is 1. The third-order valence-electron chi connectivity index (χ3n) is 1.65. The van der Waals surface area contributed by atoms with E-state index in [0.717, 1.165) is 0 Å². The summed E-state index contributed by atoms with van der Waals surface area (Å²) in [6, 6.07) is 0. The lowest BCUT2D eigenvalue weighted by molar-refractivity contribution is -0.0663. The quantitative estimate of drug-likeness (QED) is 0.645. The molecule has 0 saturated carbocycles. The van der Waals surface area contributed by atoms with Crippen LogP contribution in [0, 0.1) is 5.92 Å². The van der Waals surface area contributed by atoms with E-state index in [1.807, 2.05) is 13.8 Å². The summed E-state index contributed by atoms with van der Waals surface area (Å²) in [4.78, 5) is 0. The highest BCUT2D eigenvalue weighted by Crippen LogP contribution is 2.10. The van der Waals surface area contributed by atoms with Gasteiger partial charge in [-0.15, -0.1) is 0 Å². The van der Waals surface area contributed by atoms with Crippen molar-refractivity contribution in [1.82, 2.24) is 0 Å². The molecule has 68 valence electrons. The molecular weight excluding hydrogens is 144 g/mol. The average Bonchev–Trinajstić information content (AvgIpc) is 1.88. The fourth-order valence-corrected chi connectivity index (χ4v) is 1.14. The summed E-state index contributed by atoms with van der Waals surface area (Å²) in [5, 5.41) is 9.43. The molecule has 3 heteroatoms. The van der Waals surface area contributed by atoms with Gasteiger partial charge in [0, 0.05) is 14.2 Å². The minimum Gasteiger partial charge on any atom is -0.388 e. The van der Waals surface area contributed by atoms with Gasteiger partial charge in [0.25, 0.3) is 0 Å². The molecule has 0 fully saturated rings. The molecular formula is C8H18O3. The summed E-state index contributed by atoms with van der Waals surface area (Å²) < 4.78 is 9.90. The molecule has 0 radical (unpaired) electrons. The monoisotopic (exact) mass is 162 g/mol. The molecule has 2 atom stereocenters. The number of aliphatic hydroxyl groups excluding tert-OH is 1. The van der Waals surface area contributed by atoms with Crippen LogP contribution in [-0.4, -0.2) is 38.1 Å².